The van der Waals surface area contributed by atoms with Crippen LogP contribution in [0.25, 0.3) is 10.9 Å². The van der Waals surface area contributed by atoms with Crippen LogP contribution in [0.5, 0.6) is 5.75 Å². The van der Waals surface area contributed by atoms with Gasteiger partial charge in [0, 0.05) is 21.0 Å². The Morgan fingerprint density at radius 1 is 1.34 bits per heavy atom. The summed E-state index contributed by atoms with van der Waals surface area (Å²) in [5, 5.41) is 5.52. The molecule has 7 heteroatoms. The molecule has 0 aliphatic rings. The van der Waals surface area contributed by atoms with Gasteiger partial charge in [-0.3, -0.25) is 4.79 Å². The van der Waals surface area contributed by atoms with Crippen molar-refractivity contribution in [1.82, 2.24) is 9.66 Å². The predicted octanol–water partition coefficient (Wildman–Crippen LogP) is 5.77. The van der Waals surface area contributed by atoms with Gasteiger partial charge < -0.3 is 4.74 Å². The van der Waals surface area contributed by atoms with E-state index in [-0.39, 0.29) is 11.5 Å². The van der Waals surface area contributed by atoms with Crippen LogP contribution in [-0.4, -0.2) is 22.5 Å². The Morgan fingerprint density at radius 2 is 2.14 bits per heavy atom. The van der Waals surface area contributed by atoms with E-state index in [0.717, 1.165) is 10.9 Å². The van der Waals surface area contributed by atoms with Gasteiger partial charge in [0.2, 0.25) is 0 Å². The molecule has 0 bridgehead atoms. The lowest BCUT2D eigenvalue weighted by atomic mass is 10.1. The monoisotopic (exact) mass is 473 g/mol. The first-order chi connectivity index (χ1) is 13.9. The van der Waals surface area contributed by atoms with Crippen molar-refractivity contribution < 1.29 is 4.74 Å². The molecule has 2 aromatic carbocycles. The van der Waals surface area contributed by atoms with Gasteiger partial charge in [-0.15, -0.1) is 0 Å². The van der Waals surface area contributed by atoms with Crippen LogP contribution in [0.4, 0.5) is 0 Å². The summed E-state index contributed by atoms with van der Waals surface area (Å²) in [6.45, 7) is 8.09. The topological polar surface area (TPSA) is 56.5 Å². The van der Waals surface area contributed by atoms with E-state index in [9.17, 15) is 4.79 Å². The van der Waals surface area contributed by atoms with Crippen molar-refractivity contribution in [2.24, 2.45) is 5.10 Å². The fraction of sp³-hybridized carbons (Fsp3) is 0.227. The number of rotatable bonds is 7. The van der Waals surface area contributed by atoms with E-state index in [1.807, 2.05) is 19.1 Å². The van der Waals surface area contributed by atoms with Crippen molar-refractivity contribution in [1.29, 1.82) is 0 Å². The fourth-order valence-corrected chi connectivity index (χ4v) is 3.34. The zero-order valence-electron chi connectivity index (χ0n) is 16.2. The molecule has 0 fully saturated rings. The van der Waals surface area contributed by atoms with Gasteiger partial charge in [0.15, 0.2) is 0 Å². The molecule has 3 rings (SSSR count). The van der Waals surface area contributed by atoms with Crippen LogP contribution in [0.1, 0.15) is 37.6 Å². The Bertz CT molecular complexity index is 1140. The molecule has 3 aromatic rings. The lowest BCUT2D eigenvalue weighted by Gasteiger charge is -2.14. The SMILES string of the molecule is C=CCOc1ccc(Cl)cc1C=Nn1c([C@H](C)CC)nc2ccc(Br)cc2c1=O. The summed E-state index contributed by atoms with van der Waals surface area (Å²) in [4.78, 5) is 17.9. The zero-order chi connectivity index (χ0) is 21.0. The molecule has 0 saturated carbocycles. The molecule has 0 saturated heterocycles. The van der Waals surface area contributed by atoms with Gasteiger partial charge in [-0.1, -0.05) is 54.0 Å². The normalized spacial score (nSPS) is 12.4. The summed E-state index contributed by atoms with van der Waals surface area (Å²) >= 11 is 9.56. The van der Waals surface area contributed by atoms with Gasteiger partial charge in [0.25, 0.3) is 5.56 Å². The largest absolute Gasteiger partial charge is 0.489 e. The lowest BCUT2D eigenvalue weighted by molar-refractivity contribution is 0.362. The highest BCUT2D eigenvalue weighted by Crippen LogP contribution is 2.23. The Labute approximate surface area is 182 Å². The number of halogens is 2. The summed E-state index contributed by atoms with van der Waals surface area (Å²) in [6.07, 6.45) is 4.06. The van der Waals surface area contributed by atoms with E-state index in [4.69, 9.17) is 21.3 Å². The first kappa shape index (κ1) is 21.3. The molecule has 5 nitrogen and oxygen atoms in total. The molecule has 29 heavy (non-hydrogen) atoms. The smallest absolute Gasteiger partial charge is 0.282 e. The molecule has 1 atom stereocenters. The van der Waals surface area contributed by atoms with Crippen LogP contribution < -0.4 is 10.3 Å². The maximum Gasteiger partial charge on any atom is 0.282 e. The minimum absolute atomic E-state index is 0.0590. The van der Waals surface area contributed by atoms with Crippen molar-refractivity contribution >= 4 is 44.6 Å². The molecule has 0 radical (unpaired) electrons. The third-order valence-electron chi connectivity index (χ3n) is 4.53. The van der Waals surface area contributed by atoms with Crippen LogP contribution in [0.15, 0.2) is 63.4 Å². The highest BCUT2D eigenvalue weighted by atomic mass is 79.9. The first-order valence-corrected chi connectivity index (χ1v) is 10.4. The van der Waals surface area contributed by atoms with Gasteiger partial charge in [0.1, 0.15) is 18.2 Å². The quantitative estimate of drug-likeness (QED) is 0.322. The highest BCUT2D eigenvalue weighted by molar-refractivity contribution is 9.10. The van der Waals surface area contributed by atoms with Crippen molar-refractivity contribution in [2.45, 2.75) is 26.2 Å². The van der Waals surface area contributed by atoms with E-state index < -0.39 is 0 Å². The van der Waals surface area contributed by atoms with Crippen molar-refractivity contribution in [2.75, 3.05) is 6.61 Å². The second kappa shape index (κ2) is 9.37. The Kier molecular flexibility index (Phi) is 6.87. The number of hydrogen-bond acceptors (Lipinski definition) is 4. The van der Waals surface area contributed by atoms with Gasteiger partial charge in [-0.05, 0) is 42.8 Å². The Morgan fingerprint density at radius 3 is 2.86 bits per heavy atom. The molecule has 0 N–H and O–H groups in total. The van der Waals surface area contributed by atoms with E-state index >= 15 is 0 Å². The van der Waals surface area contributed by atoms with Crippen LogP contribution in [-0.2, 0) is 0 Å². The number of fused-ring (bicyclic) bond motifs is 1. The lowest BCUT2D eigenvalue weighted by Crippen LogP contribution is -2.23. The summed E-state index contributed by atoms with van der Waals surface area (Å²) in [6, 6.07) is 10.7. The maximum absolute atomic E-state index is 13.2. The van der Waals surface area contributed by atoms with Crippen molar-refractivity contribution in [3.63, 3.8) is 0 Å². The van der Waals surface area contributed by atoms with Crippen LogP contribution >= 0.6 is 27.5 Å². The van der Waals surface area contributed by atoms with Gasteiger partial charge >= 0.3 is 0 Å². The van der Waals surface area contributed by atoms with E-state index in [1.54, 1.807) is 36.6 Å². The number of nitrogens with zero attached hydrogens (tertiary/aromatic N) is 3. The summed E-state index contributed by atoms with van der Waals surface area (Å²) in [5.41, 5.74) is 1.09. The molecule has 0 aliphatic heterocycles. The summed E-state index contributed by atoms with van der Waals surface area (Å²) in [5.74, 6) is 1.27. The van der Waals surface area contributed by atoms with E-state index in [1.165, 1.54) is 4.68 Å². The van der Waals surface area contributed by atoms with Crippen molar-refractivity contribution in [3.05, 3.63) is 80.3 Å². The molecule has 150 valence electrons. The molecule has 0 aliphatic carbocycles. The van der Waals surface area contributed by atoms with E-state index in [0.29, 0.717) is 39.7 Å². The van der Waals surface area contributed by atoms with Crippen LogP contribution in [0.3, 0.4) is 0 Å². The molecule has 1 heterocycles. The standard InChI is InChI=1S/C22H21BrClN3O2/c1-4-10-29-20-9-7-17(24)11-15(20)13-25-27-21(14(3)5-2)26-19-8-6-16(23)12-18(19)22(27)28/h4,6-9,11-14H,1,5,10H2,2-3H3/t14-/m1/s1. The minimum Gasteiger partial charge on any atom is -0.489 e. The Hall–Kier alpha value is -2.44. The average molecular weight is 475 g/mol. The number of aromatic nitrogens is 2. The van der Waals surface area contributed by atoms with Gasteiger partial charge in [-0.25, -0.2) is 4.98 Å². The maximum atomic E-state index is 13.2. The fourth-order valence-electron chi connectivity index (χ4n) is 2.80. The molecule has 0 amide bonds. The highest BCUT2D eigenvalue weighted by Gasteiger charge is 2.16. The Balaban J connectivity index is 2.16. The van der Waals surface area contributed by atoms with Crippen LogP contribution in [0.2, 0.25) is 5.02 Å². The van der Waals surface area contributed by atoms with Gasteiger partial charge in [-0.2, -0.15) is 9.78 Å². The summed E-state index contributed by atoms with van der Waals surface area (Å²) in [7, 11) is 0. The predicted molar refractivity (Wildman–Crippen MR) is 123 cm³/mol. The number of benzene rings is 2. The zero-order valence-corrected chi connectivity index (χ0v) is 18.6. The van der Waals surface area contributed by atoms with Gasteiger partial charge in [0.05, 0.1) is 17.1 Å². The number of hydrogen-bond donors (Lipinski definition) is 0. The summed E-state index contributed by atoms with van der Waals surface area (Å²) < 4.78 is 7.84. The third-order valence-corrected chi connectivity index (χ3v) is 5.26. The third kappa shape index (κ3) is 4.77. The molecule has 0 unspecified atom stereocenters. The molecule has 1 aromatic heterocycles. The molecule has 0 spiro atoms. The number of ether oxygens (including phenoxy) is 1. The first-order valence-electron chi connectivity index (χ1n) is 9.24. The van der Waals surface area contributed by atoms with E-state index in [2.05, 4.69) is 34.5 Å². The second-order valence-electron chi connectivity index (χ2n) is 6.58. The minimum atomic E-state index is -0.224. The second-order valence-corrected chi connectivity index (χ2v) is 7.94. The molecular formula is C22H21BrClN3O2. The van der Waals surface area contributed by atoms with Crippen molar-refractivity contribution in [3.8, 4) is 5.75 Å². The molecular weight excluding hydrogens is 454 g/mol. The van der Waals surface area contributed by atoms with Crippen LogP contribution in [0, 0.1) is 0 Å². The average Bonchev–Trinajstić information content (AvgIpc) is 2.72.